The standard InChI is InChI=1S/C8H10BrN3O2/c1-14-5-8(13)12-11-7-3-2-6(9)4-10-7/h2-4H,5H2,1H3,(H,10,11)(H,12,13). The van der Waals surface area contributed by atoms with Gasteiger partial charge in [-0.2, -0.15) is 5.10 Å². The van der Waals surface area contributed by atoms with Crippen LogP contribution in [0, 0.1) is 0 Å². The predicted octanol–water partition coefficient (Wildman–Crippen LogP) is 0.356. The summed E-state index contributed by atoms with van der Waals surface area (Å²) in [6.07, 6.45) is 1.72. The molecule has 5 nitrogen and oxygen atoms in total. The van der Waals surface area contributed by atoms with Gasteiger partial charge in [-0.25, -0.2) is 5.43 Å². The number of hydrogen-bond acceptors (Lipinski definition) is 3. The van der Waals surface area contributed by atoms with Crippen LogP contribution in [0.25, 0.3) is 0 Å². The summed E-state index contributed by atoms with van der Waals surface area (Å²) in [6.45, 7) is 0.0000278. The zero-order valence-corrected chi connectivity index (χ0v) is 9.17. The van der Waals surface area contributed by atoms with Crippen molar-refractivity contribution in [2.75, 3.05) is 13.7 Å². The van der Waals surface area contributed by atoms with E-state index in [1.165, 1.54) is 7.11 Å². The third-order valence-electron chi connectivity index (χ3n) is 1.33. The average molecular weight is 260 g/mol. The molecule has 0 fully saturated rings. The Labute approximate surface area is 89.3 Å². The van der Waals surface area contributed by atoms with Gasteiger partial charge in [-0.05, 0) is 28.1 Å². The van der Waals surface area contributed by atoms with E-state index in [-0.39, 0.29) is 12.5 Å². The Morgan fingerprint density at radius 2 is 2.50 bits per heavy atom. The fourth-order valence-electron chi connectivity index (χ4n) is 0.753. The molecule has 1 aromatic heterocycles. The van der Waals surface area contributed by atoms with E-state index in [1.807, 2.05) is 6.07 Å². The molecule has 0 saturated carbocycles. The minimum atomic E-state index is -0.288. The highest BCUT2D eigenvalue weighted by Gasteiger charge is 1.95. The SMILES string of the molecule is COCC(=O)N/N=c1/ccc(Br)c[nH]1. The number of halogens is 1. The summed E-state index contributed by atoms with van der Waals surface area (Å²) < 4.78 is 5.54. The van der Waals surface area contributed by atoms with Gasteiger partial charge >= 0.3 is 0 Å². The normalized spacial score (nSPS) is 11.4. The molecule has 0 aromatic carbocycles. The summed E-state index contributed by atoms with van der Waals surface area (Å²) >= 11 is 3.27. The zero-order valence-electron chi connectivity index (χ0n) is 7.58. The molecule has 0 saturated heterocycles. The van der Waals surface area contributed by atoms with Crippen LogP contribution in [0.5, 0.6) is 0 Å². The molecule has 0 aliphatic carbocycles. The summed E-state index contributed by atoms with van der Waals surface area (Å²) in [5.74, 6) is -0.288. The summed E-state index contributed by atoms with van der Waals surface area (Å²) in [6, 6.07) is 3.55. The second-order valence-electron chi connectivity index (χ2n) is 2.47. The van der Waals surface area contributed by atoms with Crippen LogP contribution in [0.2, 0.25) is 0 Å². The van der Waals surface area contributed by atoms with Gasteiger partial charge in [0.05, 0.1) is 0 Å². The van der Waals surface area contributed by atoms with Crippen LogP contribution in [0.3, 0.4) is 0 Å². The minimum Gasteiger partial charge on any atom is -0.375 e. The third kappa shape index (κ3) is 3.71. The van der Waals surface area contributed by atoms with Crippen LogP contribution in [0.15, 0.2) is 27.9 Å². The van der Waals surface area contributed by atoms with Crippen molar-refractivity contribution in [2.45, 2.75) is 0 Å². The lowest BCUT2D eigenvalue weighted by atomic mass is 10.5. The first kappa shape index (κ1) is 10.9. The molecule has 0 aliphatic heterocycles. The number of H-pyrrole nitrogens is 1. The number of hydrogen-bond donors (Lipinski definition) is 2. The maximum atomic E-state index is 10.9. The smallest absolute Gasteiger partial charge is 0.266 e. The highest BCUT2D eigenvalue weighted by atomic mass is 79.9. The number of amides is 1. The maximum absolute atomic E-state index is 10.9. The number of carbonyl (C=O) groups is 1. The number of nitrogens with zero attached hydrogens (tertiary/aromatic N) is 1. The number of pyridine rings is 1. The van der Waals surface area contributed by atoms with Crippen molar-refractivity contribution in [3.8, 4) is 0 Å². The Bertz CT molecular complexity index is 355. The Hall–Kier alpha value is -1.14. The molecule has 6 heteroatoms. The van der Waals surface area contributed by atoms with E-state index in [4.69, 9.17) is 0 Å². The van der Waals surface area contributed by atoms with Gasteiger partial charge in [-0.3, -0.25) is 4.79 Å². The maximum Gasteiger partial charge on any atom is 0.266 e. The van der Waals surface area contributed by atoms with Gasteiger partial charge in [-0.15, -0.1) is 0 Å². The van der Waals surface area contributed by atoms with E-state index in [1.54, 1.807) is 12.3 Å². The Morgan fingerprint density at radius 1 is 1.71 bits per heavy atom. The van der Waals surface area contributed by atoms with E-state index in [0.29, 0.717) is 5.49 Å². The van der Waals surface area contributed by atoms with Gasteiger partial charge in [0, 0.05) is 17.8 Å². The van der Waals surface area contributed by atoms with E-state index >= 15 is 0 Å². The molecule has 0 radical (unpaired) electrons. The van der Waals surface area contributed by atoms with Crippen LogP contribution < -0.4 is 10.9 Å². The molecule has 1 heterocycles. The van der Waals surface area contributed by atoms with E-state index in [9.17, 15) is 4.79 Å². The fourth-order valence-corrected chi connectivity index (χ4v) is 1.000. The van der Waals surface area contributed by atoms with Crippen LogP contribution in [0.1, 0.15) is 0 Å². The highest BCUT2D eigenvalue weighted by molar-refractivity contribution is 9.10. The second kappa shape index (κ2) is 5.56. The summed E-state index contributed by atoms with van der Waals surface area (Å²) in [4.78, 5) is 13.8. The Kier molecular flexibility index (Phi) is 4.34. The van der Waals surface area contributed by atoms with Gasteiger partial charge < -0.3 is 9.72 Å². The summed E-state index contributed by atoms with van der Waals surface area (Å²) in [7, 11) is 1.45. The predicted molar refractivity (Wildman–Crippen MR) is 54.1 cm³/mol. The Balaban J connectivity index is 2.61. The van der Waals surface area contributed by atoms with Gasteiger partial charge in [-0.1, -0.05) is 0 Å². The molecule has 1 rings (SSSR count). The highest BCUT2D eigenvalue weighted by Crippen LogP contribution is 2.01. The third-order valence-corrected chi connectivity index (χ3v) is 1.83. The van der Waals surface area contributed by atoms with E-state index in [0.717, 1.165) is 4.47 Å². The molecular weight excluding hydrogens is 250 g/mol. The van der Waals surface area contributed by atoms with Crippen LogP contribution in [-0.2, 0) is 9.53 Å². The molecule has 1 aromatic rings. The van der Waals surface area contributed by atoms with Crippen molar-refractivity contribution in [1.82, 2.24) is 10.4 Å². The quantitative estimate of drug-likeness (QED) is 0.770. The first-order valence-electron chi connectivity index (χ1n) is 3.88. The van der Waals surface area contributed by atoms with Gasteiger partial charge in [0.25, 0.3) is 5.91 Å². The molecule has 0 bridgehead atoms. The number of aromatic nitrogens is 1. The molecule has 76 valence electrons. The zero-order chi connectivity index (χ0) is 10.4. The monoisotopic (exact) mass is 259 g/mol. The lowest BCUT2D eigenvalue weighted by Gasteiger charge is -1.96. The molecule has 0 atom stereocenters. The lowest BCUT2D eigenvalue weighted by Crippen LogP contribution is -2.25. The second-order valence-corrected chi connectivity index (χ2v) is 3.39. The number of ether oxygens (including phenoxy) is 1. The number of nitrogens with one attached hydrogen (secondary N) is 2. The van der Waals surface area contributed by atoms with Crippen LogP contribution in [0.4, 0.5) is 0 Å². The van der Waals surface area contributed by atoms with Crippen molar-refractivity contribution in [1.29, 1.82) is 0 Å². The van der Waals surface area contributed by atoms with Crippen LogP contribution >= 0.6 is 15.9 Å². The first-order chi connectivity index (χ1) is 6.72. The van der Waals surface area contributed by atoms with E-state index in [2.05, 4.69) is 36.2 Å². The van der Waals surface area contributed by atoms with Gasteiger partial charge in [0.1, 0.15) is 12.1 Å². The van der Waals surface area contributed by atoms with Crippen LogP contribution in [-0.4, -0.2) is 24.6 Å². The average Bonchev–Trinajstić information content (AvgIpc) is 2.17. The van der Waals surface area contributed by atoms with Crippen molar-refractivity contribution in [3.63, 3.8) is 0 Å². The lowest BCUT2D eigenvalue weighted by molar-refractivity contribution is -0.124. The molecule has 0 unspecified atom stereocenters. The van der Waals surface area contributed by atoms with Gasteiger partial charge in [0.15, 0.2) is 0 Å². The number of aromatic amines is 1. The molecule has 0 aliphatic rings. The number of rotatable bonds is 3. The molecule has 2 N–H and O–H groups in total. The largest absolute Gasteiger partial charge is 0.375 e. The van der Waals surface area contributed by atoms with E-state index < -0.39 is 0 Å². The molecule has 1 amide bonds. The fraction of sp³-hybridized carbons (Fsp3) is 0.250. The van der Waals surface area contributed by atoms with Crippen molar-refractivity contribution >= 4 is 21.8 Å². The minimum absolute atomic E-state index is 0.0000278. The van der Waals surface area contributed by atoms with Crippen molar-refractivity contribution in [2.24, 2.45) is 5.10 Å². The summed E-state index contributed by atoms with van der Waals surface area (Å²) in [5.41, 5.74) is 2.90. The van der Waals surface area contributed by atoms with Gasteiger partial charge in [0.2, 0.25) is 0 Å². The summed E-state index contributed by atoms with van der Waals surface area (Å²) in [5, 5.41) is 3.81. The molecule has 0 spiro atoms. The first-order valence-corrected chi connectivity index (χ1v) is 4.67. The Morgan fingerprint density at radius 3 is 3.07 bits per heavy atom. The number of methoxy groups -OCH3 is 1. The number of carbonyl (C=O) groups excluding carboxylic acids is 1. The topological polar surface area (TPSA) is 66.5 Å². The molecule has 14 heavy (non-hydrogen) atoms. The van der Waals surface area contributed by atoms with Crippen molar-refractivity contribution in [3.05, 3.63) is 28.3 Å². The molecular formula is C8H10BrN3O2. The van der Waals surface area contributed by atoms with Crippen molar-refractivity contribution < 1.29 is 9.53 Å².